The first kappa shape index (κ1) is 17.4. The summed E-state index contributed by atoms with van der Waals surface area (Å²) in [5.41, 5.74) is 0. The zero-order valence-corrected chi connectivity index (χ0v) is 12.2. The second kappa shape index (κ2) is 10.3. The maximum absolute atomic E-state index is 11.7. The number of hydrogen-bond acceptors (Lipinski definition) is 5. The van der Waals surface area contributed by atoms with Crippen LogP contribution in [-0.2, 0) is 19.1 Å². The topological polar surface area (TPSA) is 68.2 Å². The first-order valence-corrected chi connectivity index (χ1v) is 6.53. The van der Waals surface area contributed by atoms with Crippen LogP contribution in [0.1, 0.15) is 33.1 Å². The maximum atomic E-state index is 11.7. The van der Waals surface area contributed by atoms with E-state index in [1.165, 1.54) is 0 Å². The van der Waals surface area contributed by atoms with Gasteiger partial charge in [0.05, 0.1) is 19.6 Å². The van der Waals surface area contributed by atoms with Gasteiger partial charge >= 0.3 is 11.9 Å². The van der Waals surface area contributed by atoms with E-state index in [1.54, 1.807) is 25.1 Å². The number of nitrogens with zero attached hydrogens (tertiary/aromatic N) is 2. The highest BCUT2D eigenvalue weighted by molar-refractivity contribution is 5.78. The molecule has 0 saturated heterocycles. The van der Waals surface area contributed by atoms with E-state index in [2.05, 4.69) is 4.99 Å². The third-order valence-corrected chi connectivity index (χ3v) is 2.20. The van der Waals surface area contributed by atoms with E-state index in [9.17, 15) is 9.59 Å². The number of rotatable bonds is 9. The van der Waals surface area contributed by atoms with Gasteiger partial charge in [-0.05, 0) is 26.7 Å². The molecule has 0 saturated carbocycles. The number of carbonyl (C=O) groups is 2. The van der Waals surface area contributed by atoms with Crippen LogP contribution in [0, 0.1) is 0 Å². The van der Waals surface area contributed by atoms with Crippen molar-refractivity contribution in [2.45, 2.75) is 39.2 Å². The van der Waals surface area contributed by atoms with E-state index in [-0.39, 0.29) is 11.9 Å². The summed E-state index contributed by atoms with van der Waals surface area (Å²) in [7, 11) is 3.65. The normalized spacial score (nSPS) is 12.2. The lowest BCUT2D eigenvalue weighted by Gasteiger charge is -2.12. The predicted molar refractivity (Wildman–Crippen MR) is 73.1 cm³/mol. The van der Waals surface area contributed by atoms with Gasteiger partial charge in [-0.25, -0.2) is 4.79 Å². The standard InChI is InChI=1S/C13H24N2O4/c1-5-18-12(16)9-7-8-11(13(17)19-6-2)14-10-15(3)4/h10-11H,5-9H2,1-4H3. The van der Waals surface area contributed by atoms with E-state index in [0.29, 0.717) is 32.5 Å². The molecule has 0 aromatic carbocycles. The number of ether oxygens (including phenoxy) is 2. The second-order valence-corrected chi connectivity index (χ2v) is 4.19. The Morgan fingerprint density at radius 3 is 2.37 bits per heavy atom. The summed E-state index contributed by atoms with van der Waals surface area (Å²) >= 11 is 0. The number of carbonyl (C=O) groups excluding carboxylic acids is 2. The third kappa shape index (κ3) is 9.04. The van der Waals surface area contributed by atoms with Crippen molar-refractivity contribution in [2.24, 2.45) is 4.99 Å². The lowest BCUT2D eigenvalue weighted by atomic mass is 10.1. The smallest absolute Gasteiger partial charge is 0.330 e. The Bertz CT molecular complexity index is 303. The molecule has 0 N–H and O–H groups in total. The molecule has 19 heavy (non-hydrogen) atoms. The zero-order valence-electron chi connectivity index (χ0n) is 12.2. The molecule has 1 atom stereocenters. The van der Waals surface area contributed by atoms with Gasteiger partial charge in [0.15, 0.2) is 0 Å². The molecule has 0 aliphatic heterocycles. The predicted octanol–water partition coefficient (Wildman–Crippen LogP) is 1.24. The molecular weight excluding hydrogens is 248 g/mol. The molecule has 1 unspecified atom stereocenters. The average Bonchev–Trinajstić information content (AvgIpc) is 2.33. The SMILES string of the molecule is CCOC(=O)CCCC(N=CN(C)C)C(=O)OCC. The lowest BCUT2D eigenvalue weighted by Crippen LogP contribution is -2.23. The maximum Gasteiger partial charge on any atom is 0.330 e. The number of aliphatic imine (C=N–C) groups is 1. The Morgan fingerprint density at radius 1 is 1.21 bits per heavy atom. The summed E-state index contributed by atoms with van der Waals surface area (Å²) in [5, 5.41) is 0. The van der Waals surface area contributed by atoms with Crippen LogP contribution in [0.5, 0.6) is 0 Å². The molecule has 0 aromatic rings. The van der Waals surface area contributed by atoms with Crippen molar-refractivity contribution < 1.29 is 19.1 Å². The van der Waals surface area contributed by atoms with Crippen LogP contribution >= 0.6 is 0 Å². The highest BCUT2D eigenvalue weighted by Gasteiger charge is 2.18. The molecule has 0 aliphatic rings. The van der Waals surface area contributed by atoms with E-state index in [0.717, 1.165) is 0 Å². The van der Waals surface area contributed by atoms with Gasteiger partial charge in [0.25, 0.3) is 0 Å². The molecule has 0 rings (SSSR count). The Kier molecular flexibility index (Phi) is 9.48. The highest BCUT2D eigenvalue weighted by Crippen LogP contribution is 2.08. The number of esters is 2. The monoisotopic (exact) mass is 272 g/mol. The fourth-order valence-corrected chi connectivity index (χ4v) is 1.38. The minimum Gasteiger partial charge on any atom is -0.466 e. The Labute approximate surface area is 114 Å². The van der Waals surface area contributed by atoms with Gasteiger partial charge in [-0.1, -0.05) is 0 Å². The van der Waals surface area contributed by atoms with Crippen LogP contribution in [-0.4, -0.2) is 56.5 Å². The molecule has 110 valence electrons. The summed E-state index contributed by atoms with van der Waals surface area (Å²) in [6, 6.07) is -0.559. The van der Waals surface area contributed by atoms with E-state index < -0.39 is 6.04 Å². The molecule has 0 bridgehead atoms. The van der Waals surface area contributed by atoms with Crippen molar-refractivity contribution in [3.63, 3.8) is 0 Å². The van der Waals surface area contributed by atoms with Gasteiger partial charge in [-0.2, -0.15) is 0 Å². The molecule has 0 fully saturated rings. The van der Waals surface area contributed by atoms with E-state index >= 15 is 0 Å². The third-order valence-electron chi connectivity index (χ3n) is 2.20. The Balaban J connectivity index is 4.26. The Hall–Kier alpha value is -1.59. The summed E-state index contributed by atoms with van der Waals surface area (Å²) in [6.45, 7) is 4.22. The van der Waals surface area contributed by atoms with Crippen LogP contribution in [0.3, 0.4) is 0 Å². The fraction of sp³-hybridized carbons (Fsp3) is 0.769. The van der Waals surface area contributed by atoms with Gasteiger partial charge < -0.3 is 14.4 Å². The van der Waals surface area contributed by atoms with Gasteiger partial charge in [-0.15, -0.1) is 0 Å². The molecule has 0 aromatic heterocycles. The highest BCUT2D eigenvalue weighted by atomic mass is 16.5. The number of hydrogen-bond donors (Lipinski definition) is 0. The van der Waals surface area contributed by atoms with Crippen LogP contribution in [0.25, 0.3) is 0 Å². The van der Waals surface area contributed by atoms with Gasteiger partial charge in [0.1, 0.15) is 6.04 Å². The molecule has 0 radical (unpaired) electrons. The molecule has 0 aliphatic carbocycles. The van der Waals surface area contributed by atoms with Crippen LogP contribution in [0.15, 0.2) is 4.99 Å². The fourth-order valence-electron chi connectivity index (χ4n) is 1.38. The van der Waals surface area contributed by atoms with E-state index in [1.807, 2.05) is 14.1 Å². The Morgan fingerprint density at radius 2 is 1.84 bits per heavy atom. The van der Waals surface area contributed by atoms with Crippen LogP contribution in [0.4, 0.5) is 0 Å². The van der Waals surface area contributed by atoms with Gasteiger partial charge in [0, 0.05) is 20.5 Å². The van der Waals surface area contributed by atoms with Crippen LogP contribution < -0.4 is 0 Å². The molecule has 0 heterocycles. The summed E-state index contributed by atoms with van der Waals surface area (Å²) in [4.78, 5) is 28.8. The molecular formula is C13H24N2O4. The van der Waals surface area contributed by atoms with Crippen molar-refractivity contribution in [3.8, 4) is 0 Å². The summed E-state index contributed by atoms with van der Waals surface area (Å²) in [6.07, 6.45) is 2.89. The zero-order chi connectivity index (χ0) is 14.7. The van der Waals surface area contributed by atoms with Gasteiger partial charge in [-0.3, -0.25) is 9.79 Å². The summed E-state index contributed by atoms with van der Waals surface area (Å²) < 4.78 is 9.78. The molecule has 6 nitrogen and oxygen atoms in total. The first-order valence-electron chi connectivity index (χ1n) is 6.53. The van der Waals surface area contributed by atoms with Crippen molar-refractivity contribution in [1.82, 2.24) is 4.90 Å². The van der Waals surface area contributed by atoms with Crippen molar-refractivity contribution >= 4 is 18.3 Å². The van der Waals surface area contributed by atoms with Crippen LogP contribution in [0.2, 0.25) is 0 Å². The minimum atomic E-state index is -0.559. The van der Waals surface area contributed by atoms with Crippen molar-refractivity contribution in [3.05, 3.63) is 0 Å². The quantitative estimate of drug-likeness (QED) is 0.359. The molecule has 0 amide bonds. The van der Waals surface area contributed by atoms with Crippen molar-refractivity contribution in [2.75, 3.05) is 27.3 Å². The van der Waals surface area contributed by atoms with E-state index in [4.69, 9.17) is 9.47 Å². The first-order chi connectivity index (χ1) is 9.01. The molecule has 6 heteroatoms. The lowest BCUT2D eigenvalue weighted by molar-refractivity contribution is -0.146. The largest absolute Gasteiger partial charge is 0.466 e. The van der Waals surface area contributed by atoms with Crippen molar-refractivity contribution in [1.29, 1.82) is 0 Å². The minimum absolute atomic E-state index is 0.248. The second-order valence-electron chi connectivity index (χ2n) is 4.19. The molecule has 0 spiro atoms. The summed E-state index contributed by atoms with van der Waals surface area (Å²) in [5.74, 6) is -0.605. The average molecular weight is 272 g/mol. The van der Waals surface area contributed by atoms with Gasteiger partial charge in [0.2, 0.25) is 0 Å².